The maximum Gasteiger partial charge on any atom is 0.253 e. The Hall–Kier alpha value is -2.70. The van der Waals surface area contributed by atoms with Gasteiger partial charge in [0.15, 0.2) is 5.11 Å². The highest BCUT2D eigenvalue weighted by atomic mass is 32.1. The molecule has 0 saturated carbocycles. The predicted molar refractivity (Wildman–Crippen MR) is 117 cm³/mol. The molecular weight excluding hydrogens is 370 g/mol. The van der Waals surface area contributed by atoms with Gasteiger partial charge in [0, 0.05) is 24.2 Å². The molecule has 0 bridgehead atoms. The smallest absolute Gasteiger partial charge is 0.253 e. The Morgan fingerprint density at radius 1 is 1.14 bits per heavy atom. The van der Waals surface area contributed by atoms with Crippen LogP contribution in [0, 0.1) is 13.8 Å². The number of fused-ring (bicyclic) bond motifs is 1. The summed E-state index contributed by atoms with van der Waals surface area (Å²) < 4.78 is 0. The lowest BCUT2D eigenvalue weighted by molar-refractivity contribution is 0.245. The van der Waals surface area contributed by atoms with Crippen molar-refractivity contribution in [3.63, 3.8) is 0 Å². The van der Waals surface area contributed by atoms with Gasteiger partial charge in [-0.25, -0.2) is 0 Å². The van der Waals surface area contributed by atoms with Crippen LogP contribution in [0.25, 0.3) is 10.9 Å². The second kappa shape index (κ2) is 8.99. The predicted octanol–water partition coefficient (Wildman–Crippen LogP) is 3.01. The lowest BCUT2D eigenvalue weighted by Crippen LogP contribution is -2.41. The Morgan fingerprint density at radius 2 is 1.86 bits per heavy atom. The molecule has 0 fully saturated rings. The molecular formula is C22H25N3O2S. The maximum atomic E-state index is 12.6. The fraction of sp³-hybridized carbons (Fsp3) is 0.273. The van der Waals surface area contributed by atoms with Gasteiger partial charge >= 0.3 is 0 Å². The molecule has 0 aliphatic carbocycles. The first-order valence-corrected chi connectivity index (χ1v) is 9.69. The second-order valence-corrected chi connectivity index (χ2v) is 7.32. The maximum absolute atomic E-state index is 12.6. The topological polar surface area (TPSA) is 68.4 Å². The molecule has 3 aromatic rings. The van der Waals surface area contributed by atoms with Crippen LogP contribution < -0.4 is 10.9 Å². The number of aliphatic hydroxyl groups excluding tert-OH is 1. The number of nitrogens with one attached hydrogen (secondary N) is 2. The summed E-state index contributed by atoms with van der Waals surface area (Å²) in [5, 5.41) is 14.2. The SMILES string of the molecule is Cc1cc2cc(CN(CCO)C(=S)NCc3ccccc3)c(=O)[nH]c2cc1C. The van der Waals surface area contributed by atoms with Gasteiger partial charge in [-0.05, 0) is 66.3 Å². The largest absolute Gasteiger partial charge is 0.395 e. The Balaban J connectivity index is 1.79. The van der Waals surface area contributed by atoms with E-state index in [1.54, 1.807) is 0 Å². The van der Waals surface area contributed by atoms with Crippen molar-refractivity contribution >= 4 is 28.2 Å². The Labute approximate surface area is 170 Å². The van der Waals surface area contributed by atoms with Crippen molar-refractivity contribution in [1.82, 2.24) is 15.2 Å². The van der Waals surface area contributed by atoms with Gasteiger partial charge in [-0.1, -0.05) is 30.3 Å². The van der Waals surface area contributed by atoms with Crippen molar-refractivity contribution in [2.45, 2.75) is 26.9 Å². The molecule has 5 nitrogen and oxygen atoms in total. The number of pyridine rings is 1. The van der Waals surface area contributed by atoms with Gasteiger partial charge < -0.3 is 20.3 Å². The van der Waals surface area contributed by atoms with E-state index in [9.17, 15) is 9.90 Å². The van der Waals surface area contributed by atoms with E-state index in [2.05, 4.69) is 23.3 Å². The van der Waals surface area contributed by atoms with Crippen LogP contribution in [0.5, 0.6) is 0 Å². The standard InChI is InChI=1S/C22H25N3O2S/c1-15-10-18-12-19(21(27)24-20(18)11-16(15)2)14-25(8-9-26)22(28)23-13-17-6-4-3-5-7-17/h3-7,10-12,26H,8-9,13-14H2,1-2H3,(H,23,28)(H,24,27). The molecule has 3 N–H and O–H groups in total. The zero-order valence-electron chi connectivity index (χ0n) is 16.2. The third kappa shape index (κ3) is 4.77. The Morgan fingerprint density at radius 3 is 2.57 bits per heavy atom. The van der Waals surface area contributed by atoms with Crippen LogP contribution >= 0.6 is 12.2 Å². The molecule has 1 aromatic heterocycles. The van der Waals surface area contributed by atoms with Gasteiger partial charge in [0.25, 0.3) is 5.56 Å². The van der Waals surface area contributed by atoms with Crippen molar-refractivity contribution in [1.29, 1.82) is 0 Å². The van der Waals surface area contributed by atoms with Gasteiger partial charge in [0.2, 0.25) is 0 Å². The molecule has 0 aliphatic rings. The number of rotatable bonds is 6. The molecule has 0 radical (unpaired) electrons. The molecule has 0 aliphatic heterocycles. The van der Waals surface area contributed by atoms with Crippen molar-refractivity contribution in [2.75, 3.05) is 13.2 Å². The molecule has 0 saturated heterocycles. The first-order valence-electron chi connectivity index (χ1n) is 9.28. The molecule has 28 heavy (non-hydrogen) atoms. The number of aliphatic hydroxyl groups is 1. The van der Waals surface area contributed by atoms with Crippen molar-refractivity contribution in [3.05, 3.63) is 81.1 Å². The lowest BCUT2D eigenvalue weighted by Gasteiger charge is -2.25. The monoisotopic (exact) mass is 395 g/mol. The van der Waals surface area contributed by atoms with Gasteiger partial charge in [-0.15, -0.1) is 0 Å². The molecule has 0 spiro atoms. The number of H-pyrrole nitrogens is 1. The van der Waals surface area contributed by atoms with E-state index in [1.807, 2.05) is 54.3 Å². The molecule has 0 unspecified atom stereocenters. The van der Waals surface area contributed by atoms with E-state index in [0.29, 0.717) is 30.3 Å². The average Bonchev–Trinajstić information content (AvgIpc) is 2.68. The number of aromatic amines is 1. The summed E-state index contributed by atoms with van der Waals surface area (Å²) in [6.45, 7) is 5.32. The van der Waals surface area contributed by atoms with Gasteiger partial charge in [0.05, 0.1) is 13.2 Å². The summed E-state index contributed by atoms with van der Waals surface area (Å²) in [6.07, 6.45) is 0. The van der Waals surface area contributed by atoms with Crippen LogP contribution in [0.15, 0.2) is 53.3 Å². The summed E-state index contributed by atoms with van der Waals surface area (Å²) >= 11 is 5.51. The summed E-state index contributed by atoms with van der Waals surface area (Å²) in [5.74, 6) is 0. The van der Waals surface area contributed by atoms with Crippen LogP contribution in [0.4, 0.5) is 0 Å². The summed E-state index contributed by atoms with van der Waals surface area (Å²) in [4.78, 5) is 17.3. The van der Waals surface area contributed by atoms with Crippen LogP contribution in [0.1, 0.15) is 22.3 Å². The molecule has 1 heterocycles. The molecule has 2 aromatic carbocycles. The molecule has 6 heteroatoms. The number of benzene rings is 2. The minimum Gasteiger partial charge on any atom is -0.395 e. The van der Waals surface area contributed by atoms with Crippen molar-refractivity contribution < 1.29 is 5.11 Å². The van der Waals surface area contributed by atoms with E-state index in [1.165, 1.54) is 5.56 Å². The van der Waals surface area contributed by atoms with E-state index in [-0.39, 0.29) is 12.2 Å². The van der Waals surface area contributed by atoms with E-state index in [4.69, 9.17) is 12.2 Å². The number of nitrogens with zero attached hydrogens (tertiary/aromatic N) is 1. The zero-order valence-corrected chi connectivity index (χ0v) is 17.0. The summed E-state index contributed by atoms with van der Waals surface area (Å²) in [6, 6.07) is 15.9. The van der Waals surface area contributed by atoms with Crippen LogP contribution in [-0.2, 0) is 13.1 Å². The zero-order chi connectivity index (χ0) is 20.1. The summed E-state index contributed by atoms with van der Waals surface area (Å²) in [7, 11) is 0. The van der Waals surface area contributed by atoms with E-state index in [0.717, 1.165) is 22.0 Å². The minimum absolute atomic E-state index is 0.0447. The summed E-state index contributed by atoms with van der Waals surface area (Å²) in [5.41, 5.74) is 4.75. The third-order valence-electron chi connectivity index (χ3n) is 4.84. The van der Waals surface area contributed by atoms with Crippen LogP contribution in [0.3, 0.4) is 0 Å². The molecule has 0 atom stereocenters. The second-order valence-electron chi connectivity index (χ2n) is 6.94. The number of hydrogen-bond acceptors (Lipinski definition) is 3. The van der Waals surface area contributed by atoms with Gasteiger partial charge in [-0.3, -0.25) is 4.79 Å². The highest BCUT2D eigenvalue weighted by molar-refractivity contribution is 7.80. The van der Waals surface area contributed by atoms with Gasteiger partial charge in [0.1, 0.15) is 0 Å². The van der Waals surface area contributed by atoms with Crippen LogP contribution in [-0.4, -0.2) is 33.3 Å². The fourth-order valence-electron chi connectivity index (χ4n) is 3.10. The first kappa shape index (κ1) is 20.0. The Bertz CT molecular complexity index is 1030. The van der Waals surface area contributed by atoms with E-state index >= 15 is 0 Å². The minimum atomic E-state index is -0.135. The lowest BCUT2D eigenvalue weighted by atomic mass is 10.0. The van der Waals surface area contributed by atoms with Crippen molar-refractivity contribution in [2.24, 2.45) is 0 Å². The highest BCUT2D eigenvalue weighted by Gasteiger charge is 2.13. The first-order chi connectivity index (χ1) is 13.5. The molecule has 146 valence electrons. The van der Waals surface area contributed by atoms with E-state index < -0.39 is 0 Å². The number of hydrogen-bond donors (Lipinski definition) is 3. The van der Waals surface area contributed by atoms with Crippen LogP contribution in [0.2, 0.25) is 0 Å². The quantitative estimate of drug-likeness (QED) is 0.560. The normalized spacial score (nSPS) is 10.8. The number of thiocarbonyl (C=S) groups is 1. The Kier molecular flexibility index (Phi) is 6.44. The highest BCUT2D eigenvalue weighted by Crippen LogP contribution is 2.17. The number of aromatic nitrogens is 1. The van der Waals surface area contributed by atoms with Gasteiger partial charge in [-0.2, -0.15) is 0 Å². The fourth-order valence-corrected chi connectivity index (χ4v) is 3.33. The number of aryl methyl sites for hydroxylation is 2. The van der Waals surface area contributed by atoms with Crippen molar-refractivity contribution in [3.8, 4) is 0 Å². The molecule has 0 amide bonds. The molecule has 3 rings (SSSR count). The third-order valence-corrected chi connectivity index (χ3v) is 5.24. The average molecular weight is 396 g/mol.